The van der Waals surface area contributed by atoms with E-state index in [0.717, 1.165) is 11.4 Å². The van der Waals surface area contributed by atoms with Crippen molar-refractivity contribution in [2.45, 2.75) is 12.5 Å². The van der Waals surface area contributed by atoms with Crippen LogP contribution in [0.3, 0.4) is 0 Å². The van der Waals surface area contributed by atoms with E-state index in [2.05, 4.69) is 5.32 Å². The Morgan fingerprint density at radius 3 is 2.76 bits per heavy atom. The van der Waals surface area contributed by atoms with Crippen LogP contribution in [-0.4, -0.2) is 36.4 Å². The first-order valence-electron chi connectivity index (χ1n) is 5.37. The van der Waals surface area contributed by atoms with Crippen molar-refractivity contribution in [3.63, 3.8) is 0 Å². The van der Waals surface area contributed by atoms with Gasteiger partial charge in [0.25, 0.3) is 0 Å². The Morgan fingerprint density at radius 2 is 2.24 bits per heavy atom. The smallest absolute Gasteiger partial charge is 0.121 e. The van der Waals surface area contributed by atoms with E-state index >= 15 is 0 Å². The van der Waals surface area contributed by atoms with Gasteiger partial charge in [0.1, 0.15) is 5.75 Å². The lowest BCUT2D eigenvalue weighted by Crippen LogP contribution is -2.36. The van der Waals surface area contributed by atoms with E-state index in [9.17, 15) is 5.11 Å². The second-order valence-electron chi connectivity index (χ2n) is 4.24. The number of thioether (sulfide) groups is 1. The maximum absolute atomic E-state index is 10.0. The zero-order chi connectivity index (χ0) is 12.9. The summed E-state index contributed by atoms with van der Waals surface area (Å²) < 4.78 is 5.07. The van der Waals surface area contributed by atoms with E-state index in [-0.39, 0.29) is 0 Å². The van der Waals surface area contributed by atoms with Crippen LogP contribution >= 0.6 is 11.8 Å². The molecule has 1 rings (SSSR count). The molecule has 0 amide bonds. The number of nitrogen functional groups attached to an aromatic ring is 1. The first-order chi connectivity index (χ1) is 7.98. The maximum Gasteiger partial charge on any atom is 0.121 e. The Morgan fingerprint density at radius 1 is 1.53 bits per heavy atom. The molecule has 0 aliphatic heterocycles. The Kier molecular flexibility index (Phi) is 4.96. The molecule has 0 radical (unpaired) electrons. The van der Waals surface area contributed by atoms with Crippen molar-refractivity contribution in [1.82, 2.24) is 0 Å². The van der Waals surface area contributed by atoms with Crippen molar-refractivity contribution in [2.24, 2.45) is 0 Å². The Bertz CT molecular complexity index is 370. The predicted octanol–water partition coefficient (Wildman–Crippen LogP) is 1.80. The van der Waals surface area contributed by atoms with Crippen LogP contribution in [0.5, 0.6) is 5.75 Å². The van der Waals surface area contributed by atoms with Gasteiger partial charge in [0.15, 0.2) is 0 Å². The minimum atomic E-state index is -0.744. The van der Waals surface area contributed by atoms with Crippen molar-refractivity contribution in [2.75, 3.05) is 36.7 Å². The lowest BCUT2D eigenvalue weighted by molar-refractivity contribution is 0.0997. The summed E-state index contributed by atoms with van der Waals surface area (Å²) in [5.41, 5.74) is 6.55. The van der Waals surface area contributed by atoms with E-state index in [0.29, 0.717) is 18.0 Å². The molecule has 0 fully saturated rings. The highest BCUT2D eigenvalue weighted by atomic mass is 32.2. The number of rotatable bonds is 6. The molecular formula is C12H20N2O2S. The van der Waals surface area contributed by atoms with Gasteiger partial charge in [-0.2, -0.15) is 11.8 Å². The van der Waals surface area contributed by atoms with Crippen molar-refractivity contribution in [3.05, 3.63) is 18.2 Å². The molecule has 17 heavy (non-hydrogen) atoms. The van der Waals surface area contributed by atoms with Crippen LogP contribution in [0.4, 0.5) is 11.4 Å². The SMILES string of the molecule is COc1ccc(NCC(C)(O)CSC)c(N)c1. The van der Waals surface area contributed by atoms with Gasteiger partial charge < -0.3 is 20.9 Å². The van der Waals surface area contributed by atoms with Gasteiger partial charge in [0, 0.05) is 18.4 Å². The monoisotopic (exact) mass is 256 g/mol. The van der Waals surface area contributed by atoms with Crippen LogP contribution in [-0.2, 0) is 0 Å². The van der Waals surface area contributed by atoms with Crippen molar-refractivity contribution in [1.29, 1.82) is 0 Å². The average Bonchev–Trinajstić information content (AvgIpc) is 2.27. The van der Waals surface area contributed by atoms with Gasteiger partial charge in [-0.3, -0.25) is 0 Å². The summed E-state index contributed by atoms with van der Waals surface area (Å²) >= 11 is 1.61. The number of nitrogens with one attached hydrogen (secondary N) is 1. The molecule has 0 saturated heterocycles. The summed E-state index contributed by atoms with van der Waals surface area (Å²) in [5.74, 6) is 1.40. The quantitative estimate of drug-likeness (QED) is 0.677. The van der Waals surface area contributed by atoms with Gasteiger partial charge in [-0.05, 0) is 25.3 Å². The van der Waals surface area contributed by atoms with Gasteiger partial charge >= 0.3 is 0 Å². The minimum absolute atomic E-state index is 0.463. The van der Waals surface area contributed by atoms with Crippen LogP contribution < -0.4 is 15.8 Å². The van der Waals surface area contributed by atoms with Crippen LogP contribution in [0.1, 0.15) is 6.92 Å². The zero-order valence-corrected chi connectivity index (χ0v) is 11.3. The van der Waals surface area contributed by atoms with Crippen LogP contribution in [0.2, 0.25) is 0 Å². The predicted molar refractivity (Wildman–Crippen MR) is 74.9 cm³/mol. The number of benzene rings is 1. The number of aliphatic hydroxyl groups is 1. The fourth-order valence-corrected chi connectivity index (χ4v) is 2.20. The van der Waals surface area contributed by atoms with E-state index in [1.807, 2.05) is 18.4 Å². The Labute approximate surface area is 107 Å². The molecule has 4 N–H and O–H groups in total. The first kappa shape index (κ1) is 14.0. The molecule has 4 nitrogen and oxygen atoms in total. The third-order valence-electron chi connectivity index (χ3n) is 2.37. The van der Waals surface area contributed by atoms with E-state index in [1.54, 1.807) is 31.9 Å². The number of anilines is 2. The van der Waals surface area contributed by atoms with Crippen molar-refractivity contribution in [3.8, 4) is 5.75 Å². The summed E-state index contributed by atoms with van der Waals surface area (Å²) in [7, 11) is 1.60. The van der Waals surface area contributed by atoms with Gasteiger partial charge in [0.05, 0.1) is 24.1 Å². The van der Waals surface area contributed by atoms with Crippen LogP contribution in [0.15, 0.2) is 18.2 Å². The highest BCUT2D eigenvalue weighted by molar-refractivity contribution is 7.98. The van der Waals surface area contributed by atoms with E-state index in [4.69, 9.17) is 10.5 Å². The molecule has 0 spiro atoms. The molecular weight excluding hydrogens is 236 g/mol. The number of ether oxygens (including phenoxy) is 1. The van der Waals surface area contributed by atoms with E-state index in [1.165, 1.54) is 0 Å². The molecule has 1 aromatic carbocycles. The summed E-state index contributed by atoms with van der Waals surface area (Å²) in [5, 5.41) is 13.2. The zero-order valence-electron chi connectivity index (χ0n) is 10.5. The highest BCUT2D eigenvalue weighted by Gasteiger charge is 2.19. The molecule has 0 saturated carbocycles. The molecule has 96 valence electrons. The highest BCUT2D eigenvalue weighted by Crippen LogP contribution is 2.24. The summed E-state index contributed by atoms with van der Waals surface area (Å²) in [4.78, 5) is 0. The maximum atomic E-state index is 10.0. The average molecular weight is 256 g/mol. The summed E-state index contributed by atoms with van der Waals surface area (Å²) in [6.07, 6.45) is 1.97. The van der Waals surface area contributed by atoms with E-state index < -0.39 is 5.60 Å². The Hall–Kier alpha value is -1.07. The summed E-state index contributed by atoms with van der Waals surface area (Å²) in [6.45, 7) is 2.26. The van der Waals surface area contributed by atoms with Crippen LogP contribution in [0.25, 0.3) is 0 Å². The number of methoxy groups -OCH3 is 1. The molecule has 0 aliphatic rings. The molecule has 0 bridgehead atoms. The molecule has 5 heteroatoms. The van der Waals surface area contributed by atoms with Gasteiger partial charge in [0.2, 0.25) is 0 Å². The van der Waals surface area contributed by atoms with Crippen molar-refractivity contribution < 1.29 is 9.84 Å². The fraction of sp³-hybridized carbons (Fsp3) is 0.500. The third kappa shape index (κ3) is 4.36. The van der Waals surface area contributed by atoms with Gasteiger partial charge in [-0.1, -0.05) is 0 Å². The van der Waals surface area contributed by atoms with Crippen molar-refractivity contribution >= 4 is 23.1 Å². The minimum Gasteiger partial charge on any atom is -0.497 e. The molecule has 1 aromatic rings. The van der Waals surface area contributed by atoms with Crippen LogP contribution in [0, 0.1) is 0 Å². The topological polar surface area (TPSA) is 67.5 Å². The Balaban J connectivity index is 2.63. The lowest BCUT2D eigenvalue weighted by Gasteiger charge is -2.23. The molecule has 0 aromatic heterocycles. The molecule has 0 aliphatic carbocycles. The number of hydrogen-bond acceptors (Lipinski definition) is 5. The summed E-state index contributed by atoms with van der Waals surface area (Å²) in [6, 6.07) is 5.44. The second-order valence-corrected chi connectivity index (χ2v) is 5.10. The number of nitrogens with two attached hydrogens (primary N) is 1. The molecule has 1 atom stereocenters. The molecule has 0 heterocycles. The third-order valence-corrected chi connectivity index (χ3v) is 3.28. The molecule has 1 unspecified atom stereocenters. The largest absolute Gasteiger partial charge is 0.497 e. The van der Waals surface area contributed by atoms with Gasteiger partial charge in [-0.25, -0.2) is 0 Å². The first-order valence-corrected chi connectivity index (χ1v) is 6.76. The fourth-order valence-electron chi connectivity index (χ4n) is 1.48. The normalized spacial score (nSPS) is 14.1. The second kappa shape index (κ2) is 6.02. The lowest BCUT2D eigenvalue weighted by atomic mass is 10.1. The standard InChI is InChI=1S/C12H20N2O2S/c1-12(15,8-17-3)7-14-11-5-4-9(16-2)6-10(11)13/h4-6,14-15H,7-8,13H2,1-3H3. The number of hydrogen-bond donors (Lipinski definition) is 3. The van der Waals surface area contributed by atoms with Gasteiger partial charge in [-0.15, -0.1) is 0 Å².